The molecule has 1 atom stereocenters. The second kappa shape index (κ2) is 7.24. The molecule has 0 bridgehead atoms. The van der Waals surface area contributed by atoms with Crippen LogP contribution in [0.5, 0.6) is 0 Å². The first-order chi connectivity index (χ1) is 15.2. The molecule has 1 fully saturated rings. The number of hydrogen-bond donors (Lipinski definition) is 0. The number of benzene rings is 2. The molecule has 0 radical (unpaired) electrons. The van der Waals surface area contributed by atoms with E-state index < -0.39 is 4.87 Å². The minimum Gasteiger partial charge on any atom is -0.459 e. The van der Waals surface area contributed by atoms with Gasteiger partial charge in [-0.3, -0.25) is 9.59 Å². The molecular weight excluding hydrogens is 427 g/mol. The molecule has 2 aliphatic rings. The summed E-state index contributed by atoms with van der Waals surface area (Å²) in [6, 6.07) is 15.3. The monoisotopic (exact) mass is 450 g/mol. The lowest BCUT2D eigenvalue weighted by Gasteiger charge is -2.32. The average molecular weight is 451 g/mol. The number of halogens is 1. The Bertz CT molecular complexity index is 1210. The van der Waals surface area contributed by atoms with Gasteiger partial charge in [0.2, 0.25) is 0 Å². The minimum absolute atomic E-state index is 0.169. The van der Waals surface area contributed by atoms with Crippen LogP contribution in [0.1, 0.15) is 41.1 Å². The van der Waals surface area contributed by atoms with Crippen LogP contribution in [0.15, 0.2) is 65.3 Å². The molecule has 32 heavy (non-hydrogen) atoms. The first-order valence-corrected chi connectivity index (χ1v) is 11.3. The summed E-state index contributed by atoms with van der Waals surface area (Å²) in [6.07, 6.45) is 1.46. The Morgan fingerprint density at radius 1 is 1.16 bits per heavy atom. The second-order valence-corrected chi connectivity index (χ2v) is 10.8. The van der Waals surface area contributed by atoms with Crippen LogP contribution in [0.2, 0.25) is 0 Å². The fraction of sp³-hybridized carbons (Fsp3) is 0.280. The number of amides is 2. The zero-order chi connectivity index (χ0) is 22.7. The predicted molar refractivity (Wildman–Crippen MR) is 122 cm³/mol. The molecule has 7 heteroatoms. The topological polar surface area (TPSA) is 53.8 Å². The summed E-state index contributed by atoms with van der Waals surface area (Å²) in [4.78, 5) is 29.8. The Morgan fingerprint density at radius 3 is 2.59 bits per heavy atom. The second-order valence-electron chi connectivity index (χ2n) is 8.91. The Balaban J connectivity index is 1.65. The number of fused-ring (bicyclic) bond motifs is 2. The van der Waals surface area contributed by atoms with Crippen molar-refractivity contribution in [2.75, 3.05) is 11.4 Å². The third kappa shape index (κ3) is 3.14. The van der Waals surface area contributed by atoms with Crippen molar-refractivity contribution in [2.24, 2.45) is 0 Å². The number of nitrogens with zero attached hydrogens (tertiary/aromatic N) is 2. The number of anilines is 1. The summed E-state index contributed by atoms with van der Waals surface area (Å²) >= 11 is 1.50. The number of rotatable bonds is 3. The highest BCUT2D eigenvalue weighted by molar-refractivity contribution is 8.02. The first kappa shape index (κ1) is 20.8. The fourth-order valence-electron chi connectivity index (χ4n) is 4.58. The van der Waals surface area contributed by atoms with E-state index in [4.69, 9.17) is 4.42 Å². The molecule has 2 amide bonds. The van der Waals surface area contributed by atoms with E-state index in [9.17, 15) is 14.0 Å². The van der Waals surface area contributed by atoms with Crippen LogP contribution in [0.4, 0.5) is 10.1 Å². The molecule has 1 saturated heterocycles. The predicted octanol–water partition coefficient (Wildman–Crippen LogP) is 5.09. The lowest BCUT2D eigenvalue weighted by atomic mass is 10.0. The Kier molecular flexibility index (Phi) is 4.71. The molecule has 3 aromatic rings. The van der Waals surface area contributed by atoms with E-state index in [0.717, 1.165) is 22.4 Å². The summed E-state index contributed by atoms with van der Waals surface area (Å²) in [5.41, 5.74) is 3.40. The van der Waals surface area contributed by atoms with Gasteiger partial charge >= 0.3 is 0 Å². The zero-order valence-electron chi connectivity index (χ0n) is 18.1. The standard InChI is InChI=1S/C25H23FN2O3S/c1-16-6-11-20-19(13-16)25(23(30)27(20)14-17-7-9-18(26)10-8-17)28(15-24(2,3)32-25)22(29)21-5-4-12-31-21/h4-13H,14-15H2,1-3H3/t25-/m1/s1. The van der Waals surface area contributed by atoms with Crippen molar-refractivity contribution in [3.05, 3.63) is 89.1 Å². The number of carbonyl (C=O) groups excluding carboxylic acids is 2. The van der Waals surface area contributed by atoms with Crippen molar-refractivity contribution in [3.8, 4) is 0 Å². The van der Waals surface area contributed by atoms with Gasteiger partial charge in [0.15, 0.2) is 10.6 Å². The lowest BCUT2D eigenvalue weighted by molar-refractivity contribution is -0.123. The van der Waals surface area contributed by atoms with E-state index in [1.165, 1.54) is 30.2 Å². The maximum atomic E-state index is 14.1. The number of aryl methyl sites for hydroxylation is 1. The van der Waals surface area contributed by atoms with Crippen LogP contribution >= 0.6 is 11.8 Å². The maximum Gasteiger partial charge on any atom is 0.291 e. The maximum absolute atomic E-state index is 14.1. The number of hydrogen-bond acceptors (Lipinski definition) is 4. The highest BCUT2D eigenvalue weighted by atomic mass is 32.2. The van der Waals surface area contributed by atoms with Gasteiger partial charge in [-0.25, -0.2) is 4.39 Å². The number of carbonyl (C=O) groups is 2. The van der Waals surface area contributed by atoms with Crippen LogP contribution in [-0.4, -0.2) is 28.0 Å². The van der Waals surface area contributed by atoms with E-state index in [1.54, 1.807) is 34.1 Å². The molecule has 0 saturated carbocycles. The molecule has 1 spiro atoms. The molecule has 0 aliphatic carbocycles. The smallest absolute Gasteiger partial charge is 0.291 e. The van der Waals surface area contributed by atoms with Gasteiger partial charge in [-0.15, -0.1) is 11.8 Å². The molecule has 0 unspecified atom stereocenters. The molecule has 2 aliphatic heterocycles. The van der Waals surface area contributed by atoms with Crippen molar-refractivity contribution >= 4 is 29.3 Å². The van der Waals surface area contributed by atoms with Gasteiger partial charge < -0.3 is 14.2 Å². The molecular formula is C25H23FN2O3S. The van der Waals surface area contributed by atoms with Gasteiger partial charge in [0, 0.05) is 16.9 Å². The molecule has 164 valence electrons. The number of thioether (sulfide) groups is 1. The summed E-state index contributed by atoms with van der Waals surface area (Å²) in [7, 11) is 0. The highest BCUT2D eigenvalue weighted by Gasteiger charge is 2.64. The van der Waals surface area contributed by atoms with Gasteiger partial charge in [-0.1, -0.05) is 29.8 Å². The molecule has 5 nitrogen and oxygen atoms in total. The minimum atomic E-state index is -1.19. The SMILES string of the molecule is Cc1ccc2c(c1)[C@@]1(SC(C)(C)CN1C(=O)c1ccco1)C(=O)N2Cc1ccc(F)cc1. The van der Waals surface area contributed by atoms with E-state index in [2.05, 4.69) is 0 Å². The Labute approximate surface area is 190 Å². The van der Waals surface area contributed by atoms with Crippen molar-refractivity contribution in [1.82, 2.24) is 4.90 Å². The molecule has 1 aromatic heterocycles. The quantitative estimate of drug-likeness (QED) is 0.558. The summed E-state index contributed by atoms with van der Waals surface area (Å²) in [6.45, 7) is 6.76. The van der Waals surface area contributed by atoms with Crippen LogP contribution in [0.25, 0.3) is 0 Å². The van der Waals surface area contributed by atoms with Crippen LogP contribution < -0.4 is 4.90 Å². The number of furan rings is 1. The van der Waals surface area contributed by atoms with Crippen molar-refractivity contribution < 1.29 is 18.4 Å². The summed E-state index contributed by atoms with van der Waals surface area (Å²) in [5, 5.41) is 0. The third-order valence-corrected chi connectivity index (χ3v) is 7.51. The third-order valence-electron chi connectivity index (χ3n) is 5.92. The van der Waals surface area contributed by atoms with Crippen molar-refractivity contribution in [1.29, 1.82) is 0 Å². The summed E-state index contributed by atoms with van der Waals surface area (Å²) in [5.74, 6) is -0.589. The van der Waals surface area contributed by atoms with E-state index in [0.29, 0.717) is 13.1 Å². The first-order valence-electron chi connectivity index (χ1n) is 10.4. The Hall–Kier alpha value is -3.06. The van der Waals surface area contributed by atoms with E-state index in [1.807, 2.05) is 39.0 Å². The normalized spacial score (nSPS) is 21.4. The van der Waals surface area contributed by atoms with E-state index in [-0.39, 0.29) is 28.1 Å². The van der Waals surface area contributed by atoms with Gasteiger partial charge in [0.1, 0.15) is 5.82 Å². The highest BCUT2D eigenvalue weighted by Crippen LogP contribution is 2.60. The molecule has 0 N–H and O–H groups in total. The van der Waals surface area contributed by atoms with Gasteiger partial charge in [0.25, 0.3) is 11.8 Å². The Morgan fingerprint density at radius 2 is 1.91 bits per heavy atom. The van der Waals surface area contributed by atoms with Crippen LogP contribution in [-0.2, 0) is 16.2 Å². The largest absolute Gasteiger partial charge is 0.459 e. The molecule has 3 heterocycles. The van der Waals surface area contributed by atoms with Gasteiger partial charge in [0.05, 0.1) is 18.5 Å². The van der Waals surface area contributed by atoms with Gasteiger partial charge in [-0.2, -0.15) is 0 Å². The van der Waals surface area contributed by atoms with Crippen molar-refractivity contribution in [3.63, 3.8) is 0 Å². The fourth-order valence-corrected chi connectivity index (χ4v) is 6.30. The van der Waals surface area contributed by atoms with Gasteiger partial charge in [-0.05, 0) is 56.7 Å². The van der Waals surface area contributed by atoms with Crippen LogP contribution in [0, 0.1) is 12.7 Å². The molecule has 5 rings (SSSR count). The zero-order valence-corrected chi connectivity index (χ0v) is 18.9. The summed E-state index contributed by atoms with van der Waals surface area (Å²) < 4.78 is 18.5. The van der Waals surface area contributed by atoms with E-state index >= 15 is 0 Å². The average Bonchev–Trinajstić information content (AvgIpc) is 3.43. The lowest BCUT2D eigenvalue weighted by Crippen LogP contribution is -2.50. The molecule has 2 aromatic carbocycles. The van der Waals surface area contributed by atoms with Crippen LogP contribution in [0.3, 0.4) is 0 Å². The van der Waals surface area contributed by atoms with Crippen molar-refractivity contribution in [2.45, 2.75) is 36.9 Å².